The van der Waals surface area contributed by atoms with Crippen molar-refractivity contribution in [3.8, 4) is 0 Å². The minimum atomic E-state index is -8.41. The summed E-state index contributed by atoms with van der Waals surface area (Å²) in [5.74, 6) is 0. The Bertz CT molecular complexity index is 641. The van der Waals surface area contributed by atoms with Crippen LogP contribution in [0.15, 0.2) is 71.0 Å². The molecule has 0 amide bonds. The van der Waals surface area contributed by atoms with E-state index in [1.807, 2.05) is 0 Å². The molecule has 2 rings (SSSR count). The maximum absolute atomic E-state index is 14.2. The fourth-order valence-electron chi connectivity index (χ4n) is 1.90. The number of allylic oxidation sites excluding steroid dienone is 1. The van der Waals surface area contributed by atoms with Crippen molar-refractivity contribution in [1.82, 2.24) is 0 Å². The van der Waals surface area contributed by atoms with Crippen LogP contribution in [-0.4, -0.2) is 0 Å². The third kappa shape index (κ3) is 3.04. The van der Waals surface area contributed by atoms with Crippen LogP contribution in [0.3, 0.4) is 0 Å². The minimum absolute atomic E-state index is 0.147. The molecule has 0 bridgehead atoms. The van der Waals surface area contributed by atoms with E-state index in [1.54, 1.807) is 18.2 Å². The lowest BCUT2D eigenvalue weighted by Gasteiger charge is -2.47. The van der Waals surface area contributed by atoms with Crippen LogP contribution in [0, 0.1) is 0 Å². The van der Waals surface area contributed by atoms with Gasteiger partial charge in [-0.25, -0.2) is 0 Å². The molecular formula is C15H14F4S. The highest BCUT2D eigenvalue weighted by Gasteiger charge is 2.62. The van der Waals surface area contributed by atoms with Crippen LogP contribution in [0.5, 0.6) is 0 Å². The zero-order valence-electron chi connectivity index (χ0n) is 10.8. The lowest BCUT2D eigenvalue weighted by molar-refractivity contribution is 0.466. The molecule has 0 heterocycles. The van der Waals surface area contributed by atoms with Gasteiger partial charge in [-0.3, -0.25) is 0 Å². The second-order valence-corrected chi connectivity index (χ2v) is 7.59. The molecule has 108 valence electrons. The Labute approximate surface area is 115 Å². The van der Waals surface area contributed by atoms with Crippen molar-refractivity contribution in [2.75, 3.05) is 0 Å². The van der Waals surface area contributed by atoms with Crippen molar-refractivity contribution in [3.05, 3.63) is 71.6 Å². The average Bonchev–Trinajstić information content (AvgIpc) is 2.39. The molecule has 0 aromatic heterocycles. The fraction of sp³-hybridized carbons (Fsp3) is 0.0667. The molecule has 5 heteroatoms. The Hall–Kier alpha value is -1.75. The lowest BCUT2D eigenvalue weighted by Crippen LogP contribution is -2.10. The van der Waals surface area contributed by atoms with E-state index in [1.165, 1.54) is 37.3 Å². The number of rotatable bonds is 3. The molecule has 0 saturated heterocycles. The first kappa shape index (κ1) is 14.7. The van der Waals surface area contributed by atoms with Gasteiger partial charge in [0, 0.05) is 5.41 Å². The quantitative estimate of drug-likeness (QED) is 0.566. The predicted octanol–water partition coefficient (Wildman–Crippen LogP) is 6.52. The van der Waals surface area contributed by atoms with Gasteiger partial charge in [-0.05, 0) is 30.2 Å². The maximum atomic E-state index is 14.2. The summed E-state index contributed by atoms with van der Waals surface area (Å²) in [5.41, 5.74) is 0.199. The van der Waals surface area contributed by atoms with Crippen molar-refractivity contribution in [3.63, 3.8) is 0 Å². The summed E-state index contributed by atoms with van der Waals surface area (Å²) < 4.78 is 56.7. The van der Waals surface area contributed by atoms with Gasteiger partial charge in [-0.15, -0.1) is 15.5 Å². The average molecular weight is 302 g/mol. The van der Waals surface area contributed by atoms with E-state index in [0.717, 1.165) is 12.1 Å². The molecule has 20 heavy (non-hydrogen) atoms. The first-order valence-electron chi connectivity index (χ1n) is 5.92. The van der Waals surface area contributed by atoms with E-state index in [2.05, 4.69) is 0 Å². The Morgan fingerprint density at radius 3 is 1.75 bits per heavy atom. The molecule has 2 aromatic carbocycles. The third-order valence-corrected chi connectivity index (χ3v) is 4.96. The van der Waals surface area contributed by atoms with Gasteiger partial charge in [0.1, 0.15) is 0 Å². The number of hydrogen-bond acceptors (Lipinski definition) is 0. The Morgan fingerprint density at radius 2 is 1.25 bits per heavy atom. The van der Waals surface area contributed by atoms with Gasteiger partial charge in [0.2, 0.25) is 9.84 Å². The van der Waals surface area contributed by atoms with E-state index in [-0.39, 0.29) is 11.0 Å². The zero-order chi connectivity index (χ0) is 14.9. The topological polar surface area (TPSA) is 0 Å². The maximum Gasteiger partial charge on any atom is 0.204 e. The first-order chi connectivity index (χ1) is 9.11. The Morgan fingerprint density at radius 1 is 0.800 bits per heavy atom. The normalized spacial score (nSPS) is 16.4. The molecule has 2 aromatic rings. The van der Waals surface area contributed by atoms with Gasteiger partial charge in [0.25, 0.3) is 0 Å². The predicted molar refractivity (Wildman–Crippen MR) is 76.8 cm³/mol. The van der Waals surface area contributed by atoms with Crippen LogP contribution in [-0.2, 0) is 0 Å². The molecule has 0 saturated carbocycles. The van der Waals surface area contributed by atoms with Crippen molar-refractivity contribution in [1.29, 1.82) is 0 Å². The SMILES string of the molecule is C/C(=C/S(F)(F)(F)(F)c1ccccc1)c1ccccc1. The van der Waals surface area contributed by atoms with Crippen molar-refractivity contribution >= 4 is 15.4 Å². The zero-order valence-corrected chi connectivity index (χ0v) is 11.6. The third-order valence-electron chi connectivity index (χ3n) is 2.88. The minimum Gasteiger partial charge on any atom is -0.117 e. The van der Waals surface area contributed by atoms with E-state index in [0.29, 0.717) is 5.56 Å². The molecule has 0 fully saturated rings. The van der Waals surface area contributed by atoms with Crippen LogP contribution >= 0.6 is 9.84 Å². The van der Waals surface area contributed by atoms with Gasteiger partial charge in [0.15, 0.2) is 0 Å². The Kier molecular flexibility index (Phi) is 3.02. The highest BCUT2D eigenvalue weighted by molar-refractivity contribution is 8.52. The lowest BCUT2D eigenvalue weighted by atomic mass is 10.1. The molecule has 0 N–H and O–H groups in total. The summed E-state index contributed by atoms with van der Waals surface area (Å²) in [6, 6.07) is 13.3. The Balaban J connectivity index is 2.59. The van der Waals surface area contributed by atoms with Crippen LogP contribution in [0.2, 0.25) is 0 Å². The van der Waals surface area contributed by atoms with Crippen molar-refractivity contribution < 1.29 is 15.5 Å². The molecule has 0 nitrogen and oxygen atoms in total. The number of hydrogen-bond donors (Lipinski definition) is 0. The largest absolute Gasteiger partial charge is 0.204 e. The van der Waals surface area contributed by atoms with E-state index < -0.39 is 14.7 Å². The van der Waals surface area contributed by atoms with Gasteiger partial charge in [0.05, 0.1) is 4.90 Å². The molecule has 0 spiro atoms. The van der Waals surface area contributed by atoms with E-state index in [9.17, 15) is 15.5 Å². The molecule has 0 radical (unpaired) electrons. The molecular weight excluding hydrogens is 288 g/mol. The van der Waals surface area contributed by atoms with Gasteiger partial charge in [-0.2, -0.15) is 0 Å². The molecule has 0 aliphatic carbocycles. The monoisotopic (exact) mass is 302 g/mol. The van der Waals surface area contributed by atoms with E-state index >= 15 is 0 Å². The van der Waals surface area contributed by atoms with Crippen LogP contribution in [0.1, 0.15) is 12.5 Å². The smallest absolute Gasteiger partial charge is 0.117 e. The second kappa shape index (κ2) is 4.12. The van der Waals surface area contributed by atoms with Gasteiger partial charge < -0.3 is 0 Å². The van der Waals surface area contributed by atoms with Crippen molar-refractivity contribution in [2.45, 2.75) is 11.8 Å². The van der Waals surface area contributed by atoms with Gasteiger partial charge in [-0.1, -0.05) is 48.5 Å². The summed E-state index contributed by atoms with van der Waals surface area (Å²) in [7, 11) is -8.41. The number of halogens is 4. The summed E-state index contributed by atoms with van der Waals surface area (Å²) in [4.78, 5) is -1.23. The van der Waals surface area contributed by atoms with Crippen LogP contribution in [0.25, 0.3) is 5.57 Å². The van der Waals surface area contributed by atoms with E-state index in [4.69, 9.17) is 0 Å². The highest BCUT2D eigenvalue weighted by atomic mass is 32.5. The van der Waals surface area contributed by atoms with Crippen LogP contribution in [0.4, 0.5) is 15.5 Å². The molecule has 0 unspecified atom stereocenters. The summed E-state index contributed by atoms with van der Waals surface area (Å²) >= 11 is 0. The standard InChI is InChI=1S/C15H14F4S/c1-13(14-8-4-2-5-9-14)12-20(16,17,18,19)15-10-6-3-7-11-15/h2-12H,1H3/b13-12-. The first-order valence-corrected chi connectivity index (χ1v) is 8.03. The molecule has 0 atom stereocenters. The fourth-order valence-corrected chi connectivity index (χ4v) is 3.61. The molecule has 0 aliphatic rings. The summed E-state index contributed by atoms with van der Waals surface area (Å²) in [6.45, 7) is 1.26. The van der Waals surface area contributed by atoms with Crippen LogP contribution < -0.4 is 0 Å². The van der Waals surface area contributed by atoms with Gasteiger partial charge >= 0.3 is 0 Å². The number of benzene rings is 2. The summed E-state index contributed by atoms with van der Waals surface area (Å²) in [5, 5.41) is -0.162. The summed E-state index contributed by atoms with van der Waals surface area (Å²) in [6.07, 6.45) is 0. The second-order valence-electron chi connectivity index (χ2n) is 4.61. The highest BCUT2D eigenvalue weighted by Crippen LogP contribution is 3.02. The molecule has 0 aliphatic heterocycles. The van der Waals surface area contributed by atoms with Crippen molar-refractivity contribution in [2.24, 2.45) is 0 Å².